The highest BCUT2D eigenvalue weighted by Crippen LogP contribution is 2.55. The SMILES string of the molecule is CC1(C)c2ccccc2-c2cc(N(c3ccccc3)c3ccc4c(c3)C(C)(C)c3cccc5c3c-4cc3c4ccccc4c(N(c4ccccc4)c4ccccc4)cc53)ccc21. The van der Waals surface area contributed by atoms with E-state index in [1.165, 1.54) is 82.5 Å². The standard InChI is InChI=1S/C60H46N2/c1-59(2)53-29-17-16-26-45(53)51-35-42(32-34-54(51)59)61(39-19-8-5-9-20-39)43-31-33-46-52-37-49-44-25-14-15-27-47(44)57(62(40-21-10-6-11-22-40)41-23-12-7-13-24-41)38-50(49)48-28-18-30-55(58(48)52)60(3,4)56(46)36-43/h5-38H,1-4H3. The molecule has 0 spiro atoms. The molecule has 2 aliphatic rings. The van der Waals surface area contributed by atoms with Crippen molar-refractivity contribution in [1.82, 2.24) is 0 Å². The van der Waals surface area contributed by atoms with Crippen molar-refractivity contribution in [2.24, 2.45) is 0 Å². The molecule has 2 nitrogen and oxygen atoms in total. The molecule has 0 unspecified atom stereocenters. The van der Waals surface area contributed by atoms with Crippen LogP contribution in [0.2, 0.25) is 0 Å². The minimum atomic E-state index is -0.269. The normalized spacial score (nSPS) is 14.1. The number of para-hydroxylation sites is 3. The average Bonchev–Trinajstić information content (AvgIpc) is 3.54. The Balaban J connectivity index is 1.08. The maximum atomic E-state index is 2.49. The monoisotopic (exact) mass is 794 g/mol. The van der Waals surface area contributed by atoms with E-state index in [1.54, 1.807) is 0 Å². The Morgan fingerprint density at radius 1 is 0.274 bits per heavy atom. The molecule has 2 aliphatic carbocycles. The number of benzene rings is 10. The lowest BCUT2D eigenvalue weighted by Crippen LogP contribution is -2.24. The summed E-state index contributed by atoms with van der Waals surface area (Å²) in [7, 11) is 0. The van der Waals surface area contributed by atoms with Gasteiger partial charge < -0.3 is 9.80 Å². The van der Waals surface area contributed by atoms with Gasteiger partial charge in [-0.2, -0.15) is 0 Å². The minimum Gasteiger partial charge on any atom is -0.310 e. The molecule has 0 aliphatic heterocycles. The molecule has 0 saturated heterocycles. The van der Waals surface area contributed by atoms with Gasteiger partial charge in [-0.05, 0) is 144 Å². The highest BCUT2D eigenvalue weighted by molar-refractivity contribution is 6.25. The Bertz CT molecular complexity index is 3360. The highest BCUT2D eigenvalue weighted by atomic mass is 15.1. The number of nitrogens with zero attached hydrogens (tertiary/aromatic N) is 2. The molecule has 0 aromatic heterocycles. The zero-order chi connectivity index (χ0) is 41.7. The quantitative estimate of drug-likeness (QED) is 0.155. The van der Waals surface area contributed by atoms with E-state index in [0.717, 1.165) is 28.4 Å². The van der Waals surface area contributed by atoms with Gasteiger partial charge in [0.1, 0.15) is 0 Å². The first-order valence-corrected chi connectivity index (χ1v) is 21.9. The van der Waals surface area contributed by atoms with Gasteiger partial charge in [0.25, 0.3) is 0 Å². The summed E-state index contributed by atoms with van der Waals surface area (Å²) in [5.41, 5.74) is 17.3. The van der Waals surface area contributed by atoms with Crippen LogP contribution < -0.4 is 9.80 Å². The summed E-state index contributed by atoms with van der Waals surface area (Å²) in [6.45, 7) is 9.53. The van der Waals surface area contributed by atoms with E-state index in [-0.39, 0.29) is 10.8 Å². The molecule has 2 heteroatoms. The van der Waals surface area contributed by atoms with Crippen LogP contribution in [-0.4, -0.2) is 0 Å². The van der Waals surface area contributed by atoms with Crippen LogP contribution in [0.25, 0.3) is 54.6 Å². The summed E-state index contributed by atoms with van der Waals surface area (Å²) >= 11 is 0. The molecule has 0 radical (unpaired) electrons. The molecular formula is C60H46N2. The van der Waals surface area contributed by atoms with Crippen LogP contribution >= 0.6 is 0 Å². The third-order valence-electron chi connectivity index (χ3n) is 14.0. The van der Waals surface area contributed by atoms with E-state index in [0.29, 0.717) is 0 Å². The minimum absolute atomic E-state index is 0.0491. The maximum Gasteiger partial charge on any atom is 0.0546 e. The fourth-order valence-electron chi connectivity index (χ4n) is 11.0. The van der Waals surface area contributed by atoms with Crippen LogP contribution in [0.15, 0.2) is 206 Å². The van der Waals surface area contributed by atoms with Gasteiger partial charge in [-0.1, -0.05) is 161 Å². The maximum absolute atomic E-state index is 2.49. The zero-order valence-corrected chi connectivity index (χ0v) is 35.5. The molecule has 12 rings (SSSR count). The van der Waals surface area contributed by atoms with Gasteiger partial charge in [0.05, 0.1) is 5.69 Å². The highest BCUT2D eigenvalue weighted by Gasteiger charge is 2.37. The van der Waals surface area contributed by atoms with E-state index in [1.807, 2.05) is 0 Å². The van der Waals surface area contributed by atoms with Gasteiger partial charge in [-0.3, -0.25) is 0 Å². The largest absolute Gasteiger partial charge is 0.310 e. The van der Waals surface area contributed by atoms with E-state index < -0.39 is 0 Å². The number of anilines is 6. The Hall–Kier alpha value is -7.42. The summed E-state index contributed by atoms with van der Waals surface area (Å²) < 4.78 is 0. The first-order valence-electron chi connectivity index (χ1n) is 21.9. The van der Waals surface area contributed by atoms with E-state index in [2.05, 4.69) is 244 Å². The van der Waals surface area contributed by atoms with Gasteiger partial charge in [0, 0.05) is 44.7 Å². The lowest BCUT2D eigenvalue weighted by Gasteiger charge is -2.37. The molecule has 0 heterocycles. The zero-order valence-electron chi connectivity index (χ0n) is 35.5. The van der Waals surface area contributed by atoms with Crippen molar-refractivity contribution in [2.45, 2.75) is 38.5 Å². The topological polar surface area (TPSA) is 6.48 Å². The molecule has 0 N–H and O–H groups in total. The van der Waals surface area contributed by atoms with Crippen molar-refractivity contribution in [1.29, 1.82) is 0 Å². The summed E-state index contributed by atoms with van der Waals surface area (Å²) in [6.07, 6.45) is 0. The lowest BCUT2D eigenvalue weighted by atomic mass is 9.68. The number of hydrogen-bond acceptors (Lipinski definition) is 2. The summed E-state index contributed by atoms with van der Waals surface area (Å²) in [4.78, 5) is 4.86. The first kappa shape index (κ1) is 36.4. The molecule has 0 fully saturated rings. The molecule has 0 saturated carbocycles. The van der Waals surface area contributed by atoms with Crippen molar-refractivity contribution in [2.75, 3.05) is 9.80 Å². The fraction of sp³-hybridized carbons (Fsp3) is 0.100. The smallest absolute Gasteiger partial charge is 0.0546 e. The van der Waals surface area contributed by atoms with Gasteiger partial charge in [0.2, 0.25) is 0 Å². The van der Waals surface area contributed by atoms with E-state index in [9.17, 15) is 0 Å². The van der Waals surface area contributed by atoms with Crippen LogP contribution in [0.1, 0.15) is 49.9 Å². The average molecular weight is 795 g/mol. The molecule has 0 amide bonds. The molecular weight excluding hydrogens is 749 g/mol. The number of fused-ring (bicyclic) bond motifs is 9. The second kappa shape index (κ2) is 13.5. The van der Waals surface area contributed by atoms with Crippen LogP contribution in [-0.2, 0) is 10.8 Å². The van der Waals surface area contributed by atoms with Crippen LogP contribution in [0.4, 0.5) is 34.1 Å². The van der Waals surface area contributed by atoms with Gasteiger partial charge in [0.15, 0.2) is 0 Å². The number of rotatable bonds is 6. The Kier molecular flexibility index (Phi) is 7.96. The fourth-order valence-corrected chi connectivity index (χ4v) is 11.0. The molecule has 10 aromatic carbocycles. The van der Waals surface area contributed by atoms with Crippen molar-refractivity contribution in [3.8, 4) is 22.3 Å². The van der Waals surface area contributed by atoms with Gasteiger partial charge >= 0.3 is 0 Å². The van der Waals surface area contributed by atoms with Crippen LogP contribution in [0.5, 0.6) is 0 Å². The van der Waals surface area contributed by atoms with Crippen molar-refractivity contribution >= 4 is 66.4 Å². The Morgan fingerprint density at radius 2 is 0.774 bits per heavy atom. The molecule has 0 atom stereocenters. The van der Waals surface area contributed by atoms with Crippen LogP contribution in [0.3, 0.4) is 0 Å². The van der Waals surface area contributed by atoms with E-state index >= 15 is 0 Å². The molecule has 62 heavy (non-hydrogen) atoms. The van der Waals surface area contributed by atoms with Gasteiger partial charge in [-0.15, -0.1) is 0 Å². The Morgan fingerprint density at radius 3 is 1.48 bits per heavy atom. The van der Waals surface area contributed by atoms with Crippen LogP contribution in [0, 0.1) is 0 Å². The summed E-state index contributed by atoms with van der Waals surface area (Å²) in [6, 6.07) is 76.5. The second-order valence-corrected chi connectivity index (χ2v) is 18.1. The summed E-state index contributed by atoms with van der Waals surface area (Å²) in [5, 5.41) is 7.65. The molecule has 296 valence electrons. The van der Waals surface area contributed by atoms with Crippen molar-refractivity contribution < 1.29 is 0 Å². The third kappa shape index (κ3) is 5.29. The van der Waals surface area contributed by atoms with Gasteiger partial charge in [-0.25, -0.2) is 0 Å². The first-order chi connectivity index (χ1) is 30.3. The van der Waals surface area contributed by atoms with Crippen molar-refractivity contribution in [3.63, 3.8) is 0 Å². The number of hydrogen-bond donors (Lipinski definition) is 0. The predicted molar refractivity (Wildman–Crippen MR) is 263 cm³/mol. The third-order valence-corrected chi connectivity index (χ3v) is 14.0. The lowest BCUT2D eigenvalue weighted by molar-refractivity contribution is 0.645. The second-order valence-electron chi connectivity index (χ2n) is 18.1. The van der Waals surface area contributed by atoms with Crippen molar-refractivity contribution in [3.05, 3.63) is 229 Å². The summed E-state index contributed by atoms with van der Waals surface area (Å²) in [5.74, 6) is 0. The Labute approximate surface area is 364 Å². The van der Waals surface area contributed by atoms with E-state index in [4.69, 9.17) is 0 Å². The predicted octanol–water partition coefficient (Wildman–Crippen LogP) is 16.7. The molecule has 0 bridgehead atoms. The molecule has 10 aromatic rings.